The highest BCUT2D eigenvalue weighted by molar-refractivity contribution is 5.79. The van der Waals surface area contributed by atoms with Crippen LogP contribution < -0.4 is 15.4 Å². The quantitative estimate of drug-likeness (QED) is 0.589. The normalized spacial score (nSPS) is 12.6. The molecule has 1 heterocycles. The molecule has 140 valence electrons. The van der Waals surface area contributed by atoms with Gasteiger partial charge >= 0.3 is 0 Å². The highest BCUT2D eigenvalue weighted by atomic mass is 16.5. The SMILES string of the molecule is CCNC(=NCc1ncc(C)c(OC)c1C)NCC(C)c1ccccc1. The van der Waals surface area contributed by atoms with Crippen LogP contribution in [0.5, 0.6) is 5.75 Å². The van der Waals surface area contributed by atoms with E-state index in [1.54, 1.807) is 7.11 Å². The molecule has 2 rings (SSSR count). The van der Waals surface area contributed by atoms with Crippen molar-refractivity contribution in [3.05, 3.63) is 58.9 Å². The van der Waals surface area contributed by atoms with Crippen molar-refractivity contribution in [2.45, 2.75) is 40.2 Å². The van der Waals surface area contributed by atoms with E-state index in [0.717, 1.165) is 41.6 Å². The fraction of sp³-hybridized carbons (Fsp3) is 0.429. The Kier molecular flexibility index (Phi) is 7.45. The summed E-state index contributed by atoms with van der Waals surface area (Å²) in [6, 6.07) is 10.5. The van der Waals surface area contributed by atoms with Gasteiger partial charge in [0.15, 0.2) is 5.96 Å². The lowest BCUT2D eigenvalue weighted by atomic mass is 10.0. The summed E-state index contributed by atoms with van der Waals surface area (Å²) in [6.07, 6.45) is 1.84. The second-order valence-electron chi connectivity index (χ2n) is 6.43. The van der Waals surface area contributed by atoms with Crippen LogP contribution in [0.2, 0.25) is 0 Å². The summed E-state index contributed by atoms with van der Waals surface area (Å²) < 4.78 is 5.48. The molecular formula is C21H30N4O. The number of aliphatic imine (C=N–C) groups is 1. The van der Waals surface area contributed by atoms with E-state index in [9.17, 15) is 0 Å². The molecule has 0 aliphatic heterocycles. The Morgan fingerprint density at radius 2 is 1.92 bits per heavy atom. The van der Waals surface area contributed by atoms with Crippen molar-refractivity contribution in [1.29, 1.82) is 0 Å². The molecule has 26 heavy (non-hydrogen) atoms. The first-order chi connectivity index (χ1) is 12.6. The molecule has 5 nitrogen and oxygen atoms in total. The average Bonchev–Trinajstić information content (AvgIpc) is 2.66. The molecule has 1 aromatic carbocycles. The van der Waals surface area contributed by atoms with Crippen molar-refractivity contribution >= 4 is 5.96 Å². The third-order valence-electron chi connectivity index (χ3n) is 4.43. The minimum atomic E-state index is 0.402. The van der Waals surface area contributed by atoms with Crippen LogP contribution in [0.3, 0.4) is 0 Å². The van der Waals surface area contributed by atoms with Gasteiger partial charge in [-0.15, -0.1) is 0 Å². The van der Waals surface area contributed by atoms with Gasteiger partial charge < -0.3 is 15.4 Å². The predicted octanol–water partition coefficient (Wildman–Crippen LogP) is 3.57. The number of hydrogen-bond acceptors (Lipinski definition) is 3. The van der Waals surface area contributed by atoms with Crippen LogP contribution in [0, 0.1) is 13.8 Å². The van der Waals surface area contributed by atoms with Crippen LogP contribution in [-0.4, -0.2) is 31.1 Å². The van der Waals surface area contributed by atoms with Crippen molar-refractivity contribution < 1.29 is 4.74 Å². The molecular weight excluding hydrogens is 324 g/mol. The van der Waals surface area contributed by atoms with Crippen molar-refractivity contribution in [1.82, 2.24) is 15.6 Å². The van der Waals surface area contributed by atoms with Gasteiger partial charge in [0.1, 0.15) is 5.75 Å². The fourth-order valence-corrected chi connectivity index (χ4v) is 2.88. The standard InChI is InChI=1S/C21H30N4O/c1-6-22-21(24-12-15(2)18-10-8-7-9-11-18)25-14-19-17(4)20(26-5)16(3)13-23-19/h7-11,13,15H,6,12,14H2,1-5H3,(H2,22,24,25). The van der Waals surface area contributed by atoms with Crippen molar-refractivity contribution in [3.63, 3.8) is 0 Å². The Hall–Kier alpha value is -2.56. The maximum atomic E-state index is 5.48. The lowest BCUT2D eigenvalue weighted by Crippen LogP contribution is -2.39. The molecule has 2 aromatic rings. The molecule has 0 aliphatic rings. The van der Waals surface area contributed by atoms with Crippen LogP contribution in [0.15, 0.2) is 41.5 Å². The third kappa shape index (κ3) is 5.22. The Morgan fingerprint density at radius 1 is 1.19 bits per heavy atom. The van der Waals surface area contributed by atoms with Gasteiger partial charge in [-0.3, -0.25) is 4.98 Å². The molecule has 1 aromatic heterocycles. The molecule has 2 N–H and O–H groups in total. The highest BCUT2D eigenvalue weighted by Gasteiger charge is 2.10. The first-order valence-corrected chi connectivity index (χ1v) is 9.13. The van der Waals surface area contributed by atoms with Crippen LogP contribution >= 0.6 is 0 Å². The Morgan fingerprint density at radius 3 is 2.58 bits per heavy atom. The van der Waals surface area contributed by atoms with E-state index in [2.05, 4.69) is 53.7 Å². The summed E-state index contributed by atoms with van der Waals surface area (Å²) in [4.78, 5) is 9.21. The van der Waals surface area contributed by atoms with Gasteiger partial charge in [0, 0.05) is 30.4 Å². The minimum absolute atomic E-state index is 0.402. The van der Waals surface area contributed by atoms with Crippen LogP contribution in [0.25, 0.3) is 0 Å². The maximum absolute atomic E-state index is 5.48. The van der Waals surface area contributed by atoms with E-state index in [0.29, 0.717) is 12.5 Å². The summed E-state index contributed by atoms with van der Waals surface area (Å²) in [5.41, 5.74) is 4.33. The largest absolute Gasteiger partial charge is 0.496 e. The Labute approximate surface area is 156 Å². The number of pyridine rings is 1. The summed E-state index contributed by atoms with van der Waals surface area (Å²) in [5, 5.41) is 6.73. The molecule has 0 radical (unpaired) electrons. The molecule has 0 spiro atoms. The number of guanidine groups is 1. The molecule has 0 aliphatic carbocycles. The second kappa shape index (κ2) is 9.80. The van der Waals surface area contributed by atoms with Gasteiger partial charge in [-0.2, -0.15) is 0 Å². The van der Waals surface area contributed by atoms with Crippen molar-refractivity contribution in [2.75, 3.05) is 20.2 Å². The summed E-state index contributed by atoms with van der Waals surface area (Å²) >= 11 is 0. The zero-order chi connectivity index (χ0) is 18.9. The number of hydrogen-bond donors (Lipinski definition) is 2. The van der Waals surface area contributed by atoms with Crippen LogP contribution in [-0.2, 0) is 6.54 Å². The summed E-state index contributed by atoms with van der Waals surface area (Å²) in [5.74, 6) is 2.09. The van der Waals surface area contributed by atoms with Crippen LogP contribution in [0.1, 0.15) is 42.1 Å². The number of aromatic nitrogens is 1. The van der Waals surface area contributed by atoms with E-state index >= 15 is 0 Å². The Bertz CT molecular complexity index is 728. The highest BCUT2D eigenvalue weighted by Crippen LogP contribution is 2.24. The molecule has 0 fully saturated rings. The van der Waals surface area contributed by atoms with E-state index in [1.165, 1.54) is 5.56 Å². The molecule has 0 saturated heterocycles. The average molecular weight is 354 g/mol. The smallest absolute Gasteiger partial charge is 0.191 e. The number of benzene rings is 1. The zero-order valence-corrected chi connectivity index (χ0v) is 16.5. The number of rotatable bonds is 7. The first kappa shape index (κ1) is 19.8. The monoisotopic (exact) mass is 354 g/mol. The molecule has 5 heteroatoms. The third-order valence-corrected chi connectivity index (χ3v) is 4.43. The molecule has 0 saturated carbocycles. The van der Waals surface area contributed by atoms with E-state index in [-0.39, 0.29) is 0 Å². The zero-order valence-electron chi connectivity index (χ0n) is 16.5. The van der Waals surface area contributed by atoms with Gasteiger partial charge in [-0.05, 0) is 32.3 Å². The number of aryl methyl sites for hydroxylation is 1. The molecule has 1 atom stereocenters. The fourth-order valence-electron chi connectivity index (χ4n) is 2.88. The predicted molar refractivity (Wildman–Crippen MR) is 108 cm³/mol. The molecule has 1 unspecified atom stereocenters. The second-order valence-corrected chi connectivity index (χ2v) is 6.43. The van der Waals surface area contributed by atoms with Gasteiger partial charge in [-0.25, -0.2) is 4.99 Å². The topological polar surface area (TPSA) is 58.5 Å². The van der Waals surface area contributed by atoms with Gasteiger partial charge in [-0.1, -0.05) is 37.3 Å². The lowest BCUT2D eigenvalue weighted by molar-refractivity contribution is 0.407. The maximum Gasteiger partial charge on any atom is 0.191 e. The Balaban J connectivity index is 2.05. The first-order valence-electron chi connectivity index (χ1n) is 9.13. The van der Waals surface area contributed by atoms with E-state index < -0.39 is 0 Å². The van der Waals surface area contributed by atoms with E-state index in [1.807, 2.05) is 26.1 Å². The van der Waals surface area contributed by atoms with Gasteiger partial charge in [0.05, 0.1) is 19.3 Å². The molecule has 0 amide bonds. The number of nitrogens with one attached hydrogen (secondary N) is 2. The van der Waals surface area contributed by atoms with Crippen molar-refractivity contribution in [2.24, 2.45) is 4.99 Å². The molecule has 0 bridgehead atoms. The summed E-state index contributed by atoms with van der Waals surface area (Å²) in [7, 11) is 1.69. The van der Waals surface area contributed by atoms with Crippen molar-refractivity contribution in [3.8, 4) is 5.75 Å². The van der Waals surface area contributed by atoms with Gasteiger partial charge in [0.2, 0.25) is 0 Å². The lowest BCUT2D eigenvalue weighted by Gasteiger charge is -2.16. The number of ether oxygens (including phenoxy) is 1. The van der Waals surface area contributed by atoms with Gasteiger partial charge in [0.25, 0.3) is 0 Å². The minimum Gasteiger partial charge on any atom is -0.496 e. The number of methoxy groups -OCH3 is 1. The number of nitrogens with zero attached hydrogens (tertiary/aromatic N) is 2. The van der Waals surface area contributed by atoms with Crippen LogP contribution in [0.4, 0.5) is 0 Å². The van der Waals surface area contributed by atoms with E-state index in [4.69, 9.17) is 9.73 Å². The summed E-state index contributed by atoms with van der Waals surface area (Å²) in [6.45, 7) is 10.5.